The van der Waals surface area contributed by atoms with E-state index in [-0.39, 0.29) is 5.91 Å². The van der Waals surface area contributed by atoms with Crippen molar-refractivity contribution >= 4 is 32.6 Å². The van der Waals surface area contributed by atoms with Crippen molar-refractivity contribution in [1.29, 1.82) is 0 Å². The Balaban J connectivity index is 2.21. The summed E-state index contributed by atoms with van der Waals surface area (Å²) >= 11 is 1.54. The van der Waals surface area contributed by atoms with Crippen LogP contribution >= 0.6 is 11.3 Å². The van der Waals surface area contributed by atoms with Crippen LogP contribution in [0.15, 0.2) is 18.2 Å². The minimum absolute atomic E-state index is 0.0276. The average molecular weight is 307 g/mol. The van der Waals surface area contributed by atoms with Crippen LogP contribution in [-0.4, -0.2) is 50.1 Å². The molecule has 0 aliphatic rings. The van der Waals surface area contributed by atoms with E-state index in [2.05, 4.69) is 9.88 Å². The summed E-state index contributed by atoms with van der Waals surface area (Å²) in [7, 11) is 5.70. The molecule has 1 heterocycles. The fourth-order valence-corrected chi connectivity index (χ4v) is 3.09. The molecule has 1 aromatic heterocycles. The Hall–Kier alpha value is -1.66. The Morgan fingerprint density at radius 2 is 2.10 bits per heavy atom. The number of rotatable bonds is 6. The van der Waals surface area contributed by atoms with Crippen LogP contribution < -0.4 is 9.64 Å². The number of carbonyl (C=O) groups excluding carboxylic acids is 1. The number of ether oxygens (including phenoxy) is 1. The van der Waals surface area contributed by atoms with Crippen molar-refractivity contribution < 1.29 is 9.53 Å². The van der Waals surface area contributed by atoms with Gasteiger partial charge >= 0.3 is 0 Å². The molecule has 0 aliphatic heterocycles. The van der Waals surface area contributed by atoms with Gasteiger partial charge in [0.25, 0.3) is 0 Å². The second-order valence-electron chi connectivity index (χ2n) is 5.16. The topological polar surface area (TPSA) is 45.7 Å². The smallest absolute Gasteiger partial charge is 0.225 e. The zero-order valence-corrected chi connectivity index (χ0v) is 13.7. The van der Waals surface area contributed by atoms with Crippen molar-refractivity contribution in [1.82, 2.24) is 9.88 Å². The summed E-state index contributed by atoms with van der Waals surface area (Å²) in [6, 6.07) is 5.79. The first-order valence-corrected chi connectivity index (χ1v) is 7.70. The monoisotopic (exact) mass is 307 g/mol. The number of hydrogen-bond acceptors (Lipinski definition) is 5. The third kappa shape index (κ3) is 3.92. The second-order valence-corrected chi connectivity index (χ2v) is 6.17. The SMILES string of the molecule is COc1ccc2sc(N(CCCN(C)C)C(C)=O)nc2c1. The zero-order chi connectivity index (χ0) is 15.4. The molecule has 6 heteroatoms. The molecule has 0 aliphatic carbocycles. The van der Waals surface area contributed by atoms with Crippen molar-refractivity contribution in [3.63, 3.8) is 0 Å². The maximum Gasteiger partial charge on any atom is 0.225 e. The van der Waals surface area contributed by atoms with Crippen molar-refractivity contribution in [2.45, 2.75) is 13.3 Å². The van der Waals surface area contributed by atoms with E-state index in [1.54, 1.807) is 18.9 Å². The first kappa shape index (κ1) is 15.7. The van der Waals surface area contributed by atoms with Gasteiger partial charge in [-0.25, -0.2) is 4.98 Å². The Morgan fingerprint density at radius 1 is 1.33 bits per heavy atom. The fourth-order valence-electron chi connectivity index (χ4n) is 2.07. The van der Waals surface area contributed by atoms with E-state index in [0.717, 1.165) is 34.1 Å². The van der Waals surface area contributed by atoms with Crippen LogP contribution in [0.25, 0.3) is 10.2 Å². The summed E-state index contributed by atoms with van der Waals surface area (Å²) in [5.41, 5.74) is 0.869. The van der Waals surface area contributed by atoms with Crippen molar-refractivity contribution in [2.24, 2.45) is 0 Å². The van der Waals surface area contributed by atoms with E-state index < -0.39 is 0 Å². The maximum absolute atomic E-state index is 11.9. The number of amides is 1. The summed E-state index contributed by atoms with van der Waals surface area (Å²) in [4.78, 5) is 20.3. The predicted molar refractivity (Wildman–Crippen MR) is 87.4 cm³/mol. The molecule has 0 bridgehead atoms. The lowest BCUT2D eigenvalue weighted by Crippen LogP contribution is -2.31. The van der Waals surface area contributed by atoms with Gasteiger partial charge in [0.1, 0.15) is 5.75 Å². The number of aromatic nitrogens is 1. The van der Waals surface area contributed by atoms with Gasteiger partial charge in [-0.15, -0.1) is 0 Å². The minimum Gasteiger partial charge on any atom is -0.497 e. The molecule has 2 rings (SSSR count). The first-order valence-electron chi connectivity index (χ1n) is 6.88. The predicted octanol–water partition coefficient (Wildman–Crippen LogP) is 2.61. The summed E-state index contributed by atoms with van der Waals surface area (Å²) in [5, 5.41) is 0.754. The molecule has 2 aromatic rings. The zero-order valence-electron chi connectivity index (χ0n) is 12.9. The number of thiazole rings is 1. The molecule has 0 unspecified atom stereocenters. The van der Waals surface area contributed by atoms with Crippen LogP contribution in [0.3, 0.4) is 0 Å². The molecule has 114 valence electrons. The molecule has 0 atom stereocenters. The fraction of sp³-hybridized carbons (Fsp3) is 0.467. The van der Waals surface area contributed by atoms with Gasteiger partial charge in [-0.05, 0) is 39.2 Å². The molecule has 1 aromatic carbocycles. The quantitative estimate of drug-likeness (QED) is 0.823. The summed E-state index contributed by atoms with van der Waals surface area (Å²) in [6.07, 6.45) is 0.922. The molecule has 0 saturated heterocycles. The molecular formula is C15H21N3O2S. The second kappa shape index (κ2) is 6.87. The Kier molecular flexibility index (Phi) is 5.14. The highest BCUT2D eigenvalue weighted by Gasteiger charge is 2.16. The molecule has 0 N–H and O–H groups in total. The van der Waals surface area contributed by atoms with Gasteiger partial charge in [0.15, 0.2) is 5.13 Å². The first-order chi connectivity index (χ1) is 10.0. The molecule has 0 radical (unpaired) electrons. The van der Waals surface area contributed by atoms with Crippen molar-refractivity contribution in [3.8, 4) is 5.75 Å². The van der Waals surface area contributed by atoms with Gasteiger partial charge < -0.3 is 9.64 Å². The van der Waals surface area contributed by atoms with Crippen LogP contribution in [0.1, 0.15) is 13.3 Å². The van der Waals surface area contributed by atoms with Crippen LogP contribution in [0.4, 0.5) is 5.13 Å². The van der Waals surface area contributed by atoms with Crippen LogP contribution in [0, 0.1) is 0 Å². The lowest BCUT2D eigenvalue weighted by atomic mass is 10.3. The largest absolute Gasteiger partial charge is 0.497 e. The highest BCUT2D eigenvalue weighted by molar-refractivity contribution is 7.22. The number of fused-ring (bicyclic) bond motifs is 1. The number of nitrogens with zero attached hydrogens (tertiary/aromatic N) is 3. The van der Waals surface area contributed by atoms with E-state index in [4.69, 9.17) is 4.74 Å². The van der Waals surface area contributed by atoms with Gasteiger partial charge in [0, 0.05) is 19.5 Å². The molecule has 21 heavy (non-hydrogen) atoms. The lowest BCUT2D eigenvalue weighted by molar-refractivity contribution is -0.116. The van der Waals surface area contributed by atoms with Crippen LogP contribution in [-0.2, 0) is 4.79 Å². The number of anilines is 1. The van der Waals surface area contributed by atoms with Gasteiger partial charge in [-0.3, -0.25) is 9.69 Å². The molecule has 0 saturated carbocycles. The highest BCUT2D eigenvalue weighted by Crippen LogP contribution is 2.31. The Morgan fingerprint density at radius 3 is 2.71 bits per heavy atom. The molecule has 1 amide bonds. The van der Waals surface area contributed by atoms with Gasteiger partial charge in [-0.2, -0.15) is 0 Å². The van der Waals surface area contributed by atoms with E-state index in [0.29, 0.717) is 6.54 Å². The highest BCUT2D eigenvalue weighted by atomic mass is 32.1. The van der Waals surface area contributed by atoms with Crippen LogP contribution in [0.5, 0.6) is 5.75 Å². The van der Waals surface area contributed by atoms with Crippen LogP contribution in [0.2, 0.25) is 0 Å². The minimum atomic E-state index is 0.0276. The Labute approximate surface area is 129 Å². The molecule has 0 fully saturated rings. The van der Waals surface area contributed by atoms with E-state index in [9.17, 15) is 4.79 Å². The maximum atomic E-state index is 11.9. The lowest BCUT2D eigenvalue weighted by Gasteiger charge is -2.19. The average Bonchev–Trinajstić information content (AvgIpc) is 2.84. The van der Waals surface area contributed by atoms with E-state index in [1.807, 2.05) is 32.3 Å². The summed E-state index contributed by atoms with van der Waals surface area (Å²) in [6.45, 7) is 3.22. The number of benzene rings is 1. The summed E-state index contributed by atoms with van der Waals surface area (Å²) in [5.74, 6) is 0.807. The van der Waals surface area contributed by atoms with Crippen molar-refractivity contribution in [2.75, 3.05) is 39.2 Å². The van der Waals surface area contributed by atoms with Gasteiger partial charge in [0.05, 0.1) is 17.3 Å². The van der Waals surface area contributed by atoms with Gasteiger partial charge in [-0.1, -0.05) is 11.3 Å². The third-order valence-corrected chi connectivity index (χ3v) is 4.24. The van der Waals surface area contributed by atoms with E-state index >= 15 is 0 Å². The van der Waals surface area contributed by atoms with Gasteiger partial charge in [0.2, 0.25) is 5.91 Å². The van der Waals surface area contributed by atoms with E-state index in [1.165, 1.54) is 11.3 Å². The van der Waals surface area contributed by atoms with Crippen molar-refractivity contribution in [3.05, 3.63) is 18.2 Å². The molecule has 5 nitrogen and oxygen atoms in total. The molecular weight excluding hydrogens is 286 g/mol. The normalized spacial score (nSPS) is 11.1. The number of methoxy groups -OCH3 is 1. The standard InChI is InChI=1S/C15H21N3O2S/c1-11(19)18(9-5-8-17(2)3)15-16-13-10-12(20-4)6-7-14(13)21-15/h6-7,10H,5,8-9H2,1-4H3. The number of hydrogen-bond donors (Lipinski definition) is 0. The third-order valence-electron chi connectivity index (χ3n) is 3.18. The molecule has 0 spiro atoms. The summed E-state index contributed by atoms with van der Waals surface area (Å²) < 4.78 is 6.27. The number of carbonyl (C=O) groups is 1. The Bertz CT molecular complexity index is 624.